The first-order valence-corrected chi connectivity index (χ1v) is 9.98. The number of fused-ring (bicyclic) bond motifs is 2. The van der Waals surface area contributed by atoms with E-state index in [-0.39, 0.29) is 12.3 Å². The van der Waals surface area contributed by atoms with Crippen LogP contribution < -0.4 is 5.73 Å². The minimum Gasteiger partial charge on any atom is -0.462 e. The first kappa shape index (κ1) is 18.4. The first-order valence-electron chi connectivity index (χ1n) is 9.17. The molecule has 7 nitrogen and oxygen atoms in total. The highest BCUT2D eigenvalue weighted by Gasteiger charge is 2.26. The van der Waals surface area contributed by atoms with Crippen molar-refractivity contribution in [1.82, 2.24) is 4.98 Å². The molecule has 0 spiro atoms. The maximum atomic E-state index is 12.3. The van der Waals surface area contributed by atoms with E-state index in [0.29, 0.717) is 15.4 Å². The molecule has 1 aliphatic rings. The average Bonchev–Trinajstić information content (AvgIpc) is 3.03. The number of nitro groups is 1. The second kappa shape index (κ2) is 7.20. The third kappa shape index (κ3) is 2.99. The van der Waals surface area contributed by atoms with Crippen LogP contribution in [0.25, 0.3) is 21.3 Å². The third-order valence-corrected chi connectivity index (χ3v) is 6.06. The molecule has 1 aliphatic carbocycles. The number of nitrogens with zero attached hydrogens (tertiary/aromatic N) is 2. The Kier molecular flexibility index (Phi) is 4.72. The molecule has 0 aliphatic heterocycles. The maximum Gasteiger partial charge on any atom is 0.350 e. The predicted octanol–water partition coefficient (Wildman–Crippen LogP) is 4.51. The molecular weight excluding hydrogens is 378 g/mol. The summed E-state index contributed by atoms with van der Waals surface area (Å²) < 4.78 is 5.14. The summed E-state index contributed by atoms with van der Waals surface area (Å²) in [5.41, 5.74) is 10.7. The quantitative estimate of drug-likeness (QED) is 0.394. The highest BCUT2D eigenvalue weighted by atomic mass is 32.1. The molecular formula is C20H19N3O4S. The number of esters is 1. The molecule has 0 atom stereocenters. The fourth-order valence-corrected chi connectivity index (χ4v) is 4.74. The average molecular weight is 397 g/mol. The molecule has 0 saturated heterocycles. The van der Waals surface area contributed by atoms with Crippen molar-refractivity contribution >= 4 is 38.9 Å². The summed E-state index contributed by atoms with van der Waals surface area (Å²) in [4.78, 5) is 28.8. The van der Waals surface area contributed by atoms with Crippen molar-refractivity contribution in [2.24, 2.45) is 0 Å². The van der Waals surface area contributed by atoms with Gasteiger partial charge in [-0.25, -0.2) is 9.78 Å². The topological polar surface area (TPSA) is 108 Å². The molecule has 0 radical (unpaired) electrons. The van der Waals surface area contributed by atoms with Crippen LogP contribution in [0.5, 0.6) is 0 Å². The Morgan fingerprint density at radius 3 is 2.68 bits per heavy atom. The number of carbonyl (C=O) groups is 1. The normalized spacial score (nSPS) is 13.3. The maximum absolute atomic E-state index is 12.3. The molecule has 0 amide bonds. The van der Waals surface area contributed by atoms with Crippen molar-refractivity contribution in [3.8, 4) is 11.1 Å². The fourth-order valence-electron chi connectivity index (χ4n) is 3.72. The second-order valence-corrected chi connectivity index (χ2v) is 7.67. The van der Waals surface area contributed by atoms with E-state index in [4.69, 9.17) is 15.5 Å². The summed E-state index contributed by atoms with van der Waals surface area (Å²) in [6.07, 6.45) is 3.86. The van der Waals surface area contributed by atoms with Crippen LogP contribution in [0.1, 0.15) is 40.7 Å². The summed E-state index contributed by atoms with van der Waals surface area (Å²) in [5, 5.41) is 11.8. The Balaban J connectivity index is 1.99. The van der Waals surface area contributed by atoms with Crippen LogP contribution in [0.2, 0.25) is 0 Å². The number of ether oxygens (including phenoxy) is 1. The predicted molar refractivity (Wildman–Crippen MR) is 109 cm³/mol. The van der Waals surface area contributed by atoms with Crippen LogP contribution >= 0.6 is 11.3 Å². The van der Waals surface area contributed by atoms with Crippen molar-refractivity contribution in [3.63, 3.8) is 0 Å². The smallest absolute Gasteiger partial charge is 0.350 e. The highest BCUT2D eigenvalue weighted by molar-refractivity contribution is 7.21. The Labute approximate surface area is 165 Å². The van der Waals surface area contributed by atoms with Gasteiger partial charge in [-0.05, 0) is 61.4 Å². The molecule has 28 heavy (non-hydrogen) atoms. The molecule has 8 heteroatoms. The van der Waals surface area contributed by atoms with Crippen LogP contribution in [0.15, 0.2) is 24.3 Å². The van der Waals surface area contributed by atoms with Gasteiger partial charge in [0.1, 0.15) is 9.71 Å². The summed E-state index contributed by atoms with van der Waals surface area (Å²) in [7, 11) is 0. The summed E-state index contributed by atoms with van der Waals surface area (Å²) in [6.45, 7) is 2.02. The lowest BCUT2D eigenvalue weighted by Gasteiger charge is -2.20. The van der Waals surface area contributed by atoms with E-state index in [1.807, 2.05) is 0 Å². The fraction of sp³-hybridized carbons (Fsp3) is 0.300. The van der Waals surface area contributed by atoms with Gasteiger partial charge in [-0.2, -0.15) is 0 Å². The number of non-ortho nitro benzene ring substituents is 1. The lowest BCUT2D eigenvalue weighted by molar-refractivity contribution is -0.384. The number of benzene rings is 1. The van der Waals surface area contributed by atoms with Gasteiger partial charge in [-0.1, -0.05) is 0 Å². The van der Waals surface area contributed by atoms with Crippen LogP contribution in [0, 0.1) is 10.1 Å². The number of hydrogen-bond acceptors (Lipinski definition) is 7. The molecule has 2 N–H and O–H groups in total. The summed E-state index contributed by atoms with van der Waals surface area (Å²) in [5.74, 6) is -0.448. The van der Waals surface area contributed by atoms with Gasteiger partial charge in [-0.15, -0.1) is 11.3 Å². The molecule has 3 aromatic rings. The highest BCUT2D eigenvalue weighted by Crippen LogP contribution is 2.44. The number of carbonyl (C=O) groups excluding carboxylic acids is 1. The lowest BCUT2D eigenvalue weighted by atomic mass is 9.87. The van der Waals surface area contributed by atoms with Gasteiger partial charge in [0.2, 0.25) is 0 Å². The lowest BCUT2D eigenvalue weighted by Crippen LogP contribution is -2.08. The number of aromatic nitrogens is 1. The molecule has 1 aromatic carbocycles. The largest absolute Gasteiger partial charge is 0.462 e. The summed E-state index contributed by atoms with van der Waals surface area (Å²) in [6, 6.07) is 6.46. The molecule has 0 fully saturated rings. The van der Waals surface area contributed by atoms with E-state index < -0.39 is 10.9 Å². The number of nitrogen functional groups attached to an aromatic ring is 1. The Hall–Kier alpha value is -3.00. The Morgan fingerprint density at radius 2 is 2.00 bits per heavy atom. The number of aryl methyl sites for hydroxylation is 1. The van der Waals surface area contributed by atoms with Crippen molar-refractivity contribution in [3.05, 3.63) is 50.5 Å². The molecule has 0 unspecified atom stereocenters. The monoisotopic (exact) mass is 397 g/mol. The zero-order valence-corrected chi connectivity index (χ0v) is 16.2. The van der Waals surface area contributed by atoms with E-state index in [2.05, 4.69) is 0 Å². The zero-order chi connectivity index (χ0) is 19.8. The summed E-state index contributed by atoms with van der Waals surface area (Å²) >= 11 is 1.24. The van der Waals surface area contributed by atoms with Crippen molar-refractivity contribution < 1.29 is 14.5 Å². The van der Waals surface area contributed by atoms with Crippen molar-refractivity contribution in [2.75, 3.05) is 12.3 Å². The van der Waals surface area contributed by atoms with Gasteiger partial charge < -0.3 is 10.5 Å². The Bertz CT molecular complexity index is 1090. The molecule has 0 bridgehead atoms. The Morgan fingerprint density at radius 1 is 1.29 bits per heavy atom. The van der Waals surface area contributed by atoms with Crippen LogP contribution in [-0.2, 0) is 17.6 Å². The number of anilines is 1. The standard InChI is InChI=1S/C20H19N3O4S/c1-2-27-20(24)18-17(21)16-15(11-7-9-12(10-8-11)23(25)26)13-5-3-4-6-14(13)22-19(16)28-18/h7-10H,2-6,21H2,1H3. The van der Waals surface area contributed by atoms with Crippen LogP contribution in [0.4, 0.5) is 11.4 Å². The minimum absolute atomic E-state index is 0.0356. The van der Waals surface area contributed by atoms with Gasteiger partial charge in [0.15, 0.2) is 0 Å². The number of thiophene rings is 1. The molecule has 2 aromatic heterocycles. The van der Waals surface area contributed by atoms with Crippen LogP contribution in [-0.4, -0.2) is 22.5 Å². The number of pyridine rings is 1. The third-order valence-electron chi connectivity index (χ3n) is 4.98. The first-order chi connectivity index (χ1) is 13.5. The van der Waals surface area contributed by atoms with E-state index in [1.54, 1.807) is 19.1 Å². The molecule has 144 valence electrons. The van der Waals surface area contributed by atoms with Crippen molar-refractivity contribution in [2.45, 2.75) is 32.6 Å². The van der Waals surface area contributed by atoms with E-state index >= 15 is 0 Å². The van der Waals surface area contributed by atoms with Gasteiger partial charge >= 0.3 is 5.97 Å². The number of rotatable bonds is 4. The number of nitro benzene ring substituents is 1. The van der Waals surface area contributed by atoms with E-state index in [0.717, 1.165) is 53.5 Å². The van der Waals surface area contributed by atoms with Gasteiger partial charge in [0, 0.05) is 23.2 Å². The van der Waals surface area contributed by atoms with E-state index in [9.17, 15) is 14.9 Å². The van der Waals surface area contributed by atoms with Gasteiger partial charge in [0.05, 0.1) is 17.2 Å². The zero-order valence-electron chi connectivity index (χ0n) is 15.4. The van der Waals surface area contributed by atoms with E-state index in [1.165, 1.54) is 23.5 Å². The molecule has 0 saturated carbocycles. The number of hydrogen-bond donors (Lipinski definition) is 1. The van der Waals surface area contributed by atoms with Crippen molar-refractivity contribution in [1.29, 1.82) is 0 Å². The van der Waals surface area contributed by atoms with Gasteiger partial charge in [-0.3, -0.25) is 10.1 Å². The second-order valence-electron chi connectivity index (χ2n) is 6.67. The molecule has 4 rings (SSSR count). The minimum atomic E-state index is -0.448. The SMILES string of the molecule is CCOC(=O)c1sc2nc3c(c(-c4ccc([N+](=O)[O-])cc4)c2c1N)CCCC3. The van der Waals surface area contributed by atoms with Crippen LogP contribution in [0.3, 0.4) is 0 Å². The number of nitrogens with two attached hydrogens (primary N) is 1. The molecule has 2 heterocycles. The van der Waals surface area contributed by atoms with Gasteiger partial charge in [0.25, 0.3) is 5.69 Å².